The van der Waals surface area contributed by atoms with Gasteiger partial charge in [0.1, 0.15) is 5.60 Å². The zero-order chi connectivity index (χ0) is 25.8. The van der Waals surface area contributed by atoms with Gasteiger partial charge in [-0.25, -0.2) is 4.79 Å². The second-order valence-electron chi connectivity index (χ2n) is 8.78. The topological polar surface area (TPSA) is 112 Å². The van der Waals surface area contributed by atoms with E-state index in [4.69, 9.17) is 10.00 Å². The summed E-state index contributed by atoms with van der Waals surface area (Å²) in [6, 6.07) is 7.73. The number of hydrogen-bond donors (Lipinski definition) is 2. The minimum Gasteiger partial charge on any atom is -0.444 e. The third-order valence-corrected chi connectivity index (χ3v) is 5.68. The Morgan fingerprint density at radius 2 is 1.86 bits per heavy atom. The van der Waals surface area contributed by atoms with Gasteiger partial charge in [0.05, 0.1) is 11.3 Å². The van der Waals surface area contributed by atoms with Crippen molar-refractivity contribution >= 4 is 41.7 Å². The number of carbonyl (C=O) groups is 2. The second kappa shape index (κ2) is 13.4. The maximum absolute atomic E-state index is 11.5. The van der Waals surface area contributed by atoms with E-state index in [-0.39, 0.29) is 11.7 Å². The number of anilines is 2. The van der Waals surface area contributed by atoms with E-state index in [1.54, 1.807) is 36.0 Å². The van der Waals surface area contributed by atoms with Crippen LogP contribution in [0.5, 0.6) is 0 Å². The lowest BCUT2D eigenvalue weighted by atomic mass is 10.1. The highest BCUT2D eigenvalue weighted by atomic mass is 32.2. The molecule has 1 amide bonds. The van der Waals surface area contributed by atoms with Crippen LogP contribution >= 0.6 is 11.8 Å². The maximum atomic E-state index is 11.5. The number of nitrogens with one attached hydrogen (secondary N) is 2. The monoisotopic (exact) mass is 498 g/mol. The molecule has 1 saturated heterocycles. The quantitative estimate of drug-likeness (QED) is 0.418. The fourth-order valence-corrected chi connectivity index (χ4v) is 3.67. The van der Waals surface area contributed by atoms with Crippen LogP contribution in [0.3, 0.4) is 0 Å². The number of ether oxygens (including phenoxy) is 1. The summed E-state index contributed by atoms with van der Waals surface area (Å²) in [4.78, 5) is 25.8. The van der Waals surface area contributed by atoms with Crippen LogP contribution < -0.4 is 10.6 Å². The number of amides is 1. The maximum Gasteiger partial charge on any atom is 0.410 e. The van der Waals surface area contributed by atoms with Crippen LogP contribution in [0.1, 0.15) is 56.1 Å². The van der Waals surface area contributed by atoms with Crippen LogP contribution in [-0.4, -0.2) is 59.1 Å². The molecule has 0 radical (unpaired) electrons. The van der Waals surface area contributed by atoms with Crippen LogP contribution in [-0.2, 0) is 4.74 Å². The minimum absolute atomic E-state index is 0.160. The van der Waals surface area contributed by atoms with Gasteiger partial charge in [-0.2, -0.15) is 9.94 Å². The molecule has 1 aliphatic heterocycles. The second-order valence-corrected chi connectivity index (χ2v) is 9.66. The first-order valence-corrected chi connectivity index (χ1v) is 12.7. The molecular formula is C25H34N6O3S. The number of aldehydes is 1. The lowest BCUT2D eigenvalue weighted by Gasteiger charge is -2.29. The first-order chi connectivity index (χ1) is 16.7. The number of hydrogen-bond acceptors (Lipinski definition) is 8. The molecule has 0 saturated carbocycles. The van der Waals surface area contributed by atoms with Gasteiger partial charge < -0.3 is 20.3 Å². The van der Waals surface area contributed by atoms with E-state index < -0.39 is 0 Å². The Labute approximate surface area is 211 Å². The van der Waals surface area contributed by atoms with Gasteiger partial charge in [-0.15, -0.1) is 16.9 Å². The Balaban J connectivity index is 0.000000283. The van der Waals surface area contributed by atoms with E-state index in [2.05, 4.69) is 15.7 Å². The van der Waals surface area contributed by atoms with Crippen molar-refractivity contribution in [1.29, 1.82) is 5.26 Å². The zero-order valence-corrected chi connectivity index (χ0v) is 21.8. The summed E-state index contributed by atoms with van der Waals surface area (Å²) in [5.74, 6) is 0.351. The molecule has 188 valence electrons. The molecule has 1 fully saturated rings. The number of aromatic nitrogens is 2. The summed E-state index contributed by atoms with van der Waals surface area (Å²) in [7, 11) is 1.73. The van der Waals surface area contributed by atoms with Crippen molar-refractivity contribution in [2.24, 2.45) is 0 Å². The SMILES string of the molecule is CC(C)(C)OC(=O)N1CCCCC1.CN/C=C\c1c(C=O)c(Nc2ccc(SC)cc2)nn1C#N. The van der Waals surface area contributed by atoms with Crippen molar-refractivity contribution in [3.05, 3.63) is 41.7 Å². The van der Waals surface area contributed by atoms with Gasteiger partial charge >= 0.3 is 6.09 Å². The molecule has 3 rings (SSSR count). The number of benzene rings is 1. The molecule has 1 aromatic carbocycles. The molecule has 9 nitrogen and oxygen atoms in total. The summed E-state index contributed by atoms with van der Waals surface area (Å²) < 4.78 is 6.37. The van der Waals surface area contributed by atoms with Gasteiger partial charge in [0.25, 0.3) is 0 Å². The van der Waals surface area contributed by atoms with Crippen molar-refractivity contribution in [3.63, 3.8) is 0 Å². The number of nitrogens with zero attached hydrogens (tertiary/aromatic N) is 4. The molecule has 0 aliphatic carbocycles. The largest absolute Gasteiger partial charge is 0.444 e. The fraction of sp³-hybridized carbons (Fsp3) is 0.440. The van der Waals surface area contributed by atoms with E-state index >= 15 is 0 Å². The molecule has 2 aromatic rings. The van der Waals surface area contributed by atoms with Crippen LogP contribution in [0, 0.1) is 11.5 Å². The Hall–Kier alpha value is -3.45. The highest BCUT2D eigenvalue weighted by Gasteiger charge is 2.23. The van der Waals surface area contributed by atoms with Crippen molar-refractivity contribution in [1.82, 2.24) is 20.0 Å². The summed E-state index contributed by atoms with van der Waals surface area (Å²) >= 11 is 1.65. The van der Waals surface area contributed by atoms with E-state index in [0.717, 1.165) is 41.2 Å². The van der Waals surface area contributed by atoms with E-state index in [9.17, 15) is 9.59 Å². The molecule has 0 atom stereocenters. The molecule has 1 aliphatic rings. The molecule has 10 heteroatoms. The average molecular weight is 499 g/mol. The fourth-order valence-electron chi connectivity index (χ4n) is 3.26. The number of carbonyl (C=O) groups excluding carboxylic acids is 2. The highest BCUT2D eigenvalue weighted by Crippen LogP contribution is 2.24. The highest BCUT2D eigenvalue weighted by molar-refractivity contribution is 7.98. The number of likely N-dealkylation sites (tertiary alicyclic amines) is 1. The molecule has 1 aromatic heterocycles. The molecule has 0 unspecified atom stereocenters. The van der Waals surface area contributed by atoms with Crippen LogP contribution in [0.2, 0.25) is 0 Å². The summed E-state index contributed by atoms with van der Waals surface area (Å²) in [6.45, 7) is 7.41. The Kier molecular flexibility index (Phi) is 10.7. The van der Waals surface area contributed by atoms with E-state index in [0.29, 0.717) is 23.4 Å². The number of thioether (sulfide) groups is 1. The third kappa shape index (κ3) is 8.68. The molecule has 35 heavy (non-hydrogen) atoms. The average Bonchev–Trinajstić information content (AvgIpc) is 3.19. The van der Waals surface area contributed by atoms with Gasteiger partial charge in [-0.3, -0.25) is 4.79 Å². The Morgan fingerprint density at radius 1 is 1.20 bits per heavy atom. The van der Waals surface area contributed by atoms with Crippen molar-refractivity contribution < 1.29 is 14.3 Å². The van der Waals surface area contributed by atoms with Gasteiger partial charge in [-0.1, -0.05) is 0 Å². The first kappa shape index (κ1) is 27.8. The van der Waals surface area contributed by atoms with Gasteiger partial charge in [0.2, 0.25) is 6.19 Å². The van der Waals surface area contributed by atoms with Crippen LogP contribution in [0.15, 0.2) is 35.4 Å². The molecule has 0 bridgehead atoms. The Bertz CT molecular complexity index is 1040. The first-order valence-electron chi connectivity index (χ1n) is 11.4. The van der Waals surface area contributed by atoms with E-state index in [1.807, 2.05) is 57.5 Å². The van der Waals surface area contributed by atoms with Gasteiger partial charge in [0, 0.05) is 30.7 Å². The molecule has 2 heterocycles. The standard InChI is InChI=1S/C15H15N5OS.C10H19NO2/c1-17-8-7-14-13(9-21)15(19-20(14)10-16)18-11-3-5-12(22-2)6-4-11;1-10(2,3)13-9(12)11-7-5-4-6-8-11/h3-9,17H,1-2H3,(H,18,19);4-8H2,1-3H3/b8-7-;. The number of rotatable bonds is 6. The predicted molar refractivity (Wildman–Crippen MR) is 140 cm³/mol. The van der Waals surface area contributed by atoms with E-state index in [1.165, 1.54) is 6.42 Å². The normalized spacial score (nSPS) is 13.4. The smallest absolute Gasteiger partial charge is 0.410 e. The summed E-state index contributed by atoms with van der Waals surface area (Å²) in [5.41, 5.74) is 1.19. The van der Waals surface area contributed by atoms with Crippen LogP contribution in [0.4, 0.5) is 16.3 Å². The minimum atomic E-state index is -0.367. The lowest BCUT2D eigenvalue weighted by molar-refractivity contribution is 0.0216. The van der Waals surface area contributed by atoms with Crippen molar-refractivity contribution in [2.45, 2.75) is 50.5 Å². The lowest BCUT2D eigenvalue weighted by Crippen LogP contribution is -2.39. The number of nitriles is 1. The third-order valence-electron chi connectivity index (χ3n) is 4.94. The van der Waals surface area contributed by atoms with Crippen molar-refractivity contribution in [2.75, 3.05) is 31.7 Å². The summed E-state index contributed by atoms with van der Waals surface area (Å²) in [6.07, 6.45) is 11.2. The molecular weight excluding hydrogens is 464 g/mol. The molecule has 2 N–H and O–H groups in total. The van der Waals surface area contributed by atoms with Crippen molar-refractivity contribution in [3.8, 4) is 6.19 Å². The predicted octanol–water partition coefficient (Wildman–Crippen LogP) is 5.09. The molecule has 0 spiro atoms. The summed E-state index contributed by atoms with van der Waals surface area (Å²) in [5, 5.41) is 19.1. The van der Waals surface area contributed by atoms with Gasteiger partial charge in [-0.05, 0) is 82.8 Å². The Morgan fingerprint density at radius 3 is 2.37 bits per heavy atom. The van der Waals surface area contributed by atoms with Gasteiger partial charge in [0.15, 0.2) is 12.1 Å². The zero-order valence-electron chi connectivity index (χ0n) is 21.0. The number of piperidine rings is 1. The van der Waals surface area contributed by atoms with Crippen LogP contribution in [0.25, 0.3) is 6.08 Å².